The van der Waals surface area contributed by atoms with E-state index in [1.165, 1.54) is 4.31 Å². The van der Waals surface area contributed by atoms with Gasteiger partial charge in [0.15, 0.2) is 0 Å². The molecule has 0 bridgehead atoms. The summed E-state index contributed by atoms with van der Waals surface area (Å²) in [6.07, 6.45) is 1.95. The van der Waals surface area contributed by atoms with E-state index in [-0.39, 0.29) is 19.0 Å². The lowest BCUT2D eigenvalue weighted by Gasteiger charge is -2.24. The fourth-order valence-electron chi connectivity index (χ4n) is 2.47. The average molecular weight is 398 g/mol. The van der Waals surface area contributed by atoms with Gasteiger partial charge in [-0.2, -0.15) is 12.7 Å². The van der Waals surface area contributed by atoms with Crippen molar-refractivity contribution in [1.29, 1.82) is 0 Å². The van der Waals surface area contributed by atoms with Crippen molar-refractivity contribution in [3.05, 3.63) is 35.9 Å². The second kappa shape index (κ2) is 12.1. The number of nitrogens with zero attached hydrogens (tertiary/aromatic N) is 1. The molecule has 0 aliphatic carbocycles. The van der Waals surface area contributed by atoms with Gasteiger partial charge < -0.3 is 5.32 Å². The predicted molar refractivity (Wildman–Crippen MR) is 111 cm³/mol. The van der Waals surface area contributed by atoms with E-state index in [1.54, 1.807) is 0 Å². The van der Waals surface area contributed by atoms with Crippen molar-refractivity contribution in [2.24, 2.45) is 11.8 Å². The summed E-state index contributed by atoms with van der Waals surface area (Å²) in [5.41, 5.74) is 0.934. The summed E-state index contributed by atoms with van der Waals surface area (Å²) < 4.78 is 29.3. The molecule has 0 radical (unpaired) electrons. The second-order valence-electron chi connectivity index (χ2n) is 7.68. The fraction of sp³-hybridized carbons (Fsp3) is 0.650. The van der Waals surface area contributed by atoms with Gasteiger partial charge in [0.05, 0.1) is 6.42 Å². The summed E-state index contributed by atoms with van der Waals surface area (Å²) in [6.45, 7) is 9.83. The van der Waals surface area contributed by atoms with Gasteiger partial charge in [0, 0.05) is 26.2 Å². The highest BCUT2D eigenvalue weighted by Crippen LogP contribution is 2.09. The Morgan fingerprint density at radius 2 is 1.52 bits per heavy atom. The van der Waals surface area contributed by atoms with Crippen molar-refractivity contribution in [2.45, 2.75) is 47.0 Å². The Bertz CT molecular complexity index is 634. The maximum absolute atomic E-state index is 12.6. The summed E-state index contributed by atoms with van der Waals surface area (Å²) >= 11 is 0. The molecule has 6 nitrogen and oxygen atoms in total. The second-order valence-corrected chi connectivity index (χ2v) is 9.43. The van der Waals surface area contributed by atoms with Crippen LogP contribution >= 0.6 is 0 Å². The van der Waals surface area contributed by atoms with E-state index in [0.717, 1.165) is 18.4 Å². The lowest BCUT2D eigenvalue weighted by atomic mass is 10.1. The minimum Gasteiger partial charge on any atom is -0.354 e. The molecule has 1 aromatic rings. The molecular formula is C20H35N3O3S. The Balaban J connectivity index is 2.44. The smallest absolute Gasteiger partial charge is 0.279 e. The molecule has 0 saturated carbocycles. The van der Waals surface area contributed by atoms with E-state index in [0.29, 0.717) is 31.3 Å². The molecule has 0 aliphatic rings. The summed E-state index contributed by atoms with van der Waals surface area (Å²) in [7, 11) is -3.54. The molecule has 1 aromatic carbocycles. The zero-order valence-electron chi connectivity index (χ0n) is 17.1. The zero-order valence-corrected chi connectivity index (χ0v) is 17.9. The number of amides is 1. The first-order valence-electron chi connectivity index (χ1n) is 9.76. The number of carbonyl (C=O) groups excluding carboxylic acids is 1. The van der Waals surface area contributed by atoms with Gasteiger partial charge in [-0.3, -0.25) is 4.79 Å². The first-order chi connectivity index (χ1) is 12.7. The SMILES string of the molecule is CC(C)CCN(CCC(C)C)S(=O)(=O)NCCNC(=O)Cc1ccccc1. The number of benzene rings is 1. The van der Waals surface area contributed by atoms with Gasteiger partial charge in [0.2, 0.25) is 5.91 Å². The van der Waals surface area contributed by atoms with Crippen LogP contribution in [0.15, 0.2) is 30.3 Å². The summed E-state index contributed by atoms with van der Waals surface area (Å²) in [6, 6.07) is 9.47. The van der Waals surface area contributed by atoms with Gasteiger partial charge in [-0.15, -0.1) is 0 Å². The monoisotopic (exact) mass is 397 g/mol. The Morgan fingerprint density at radius 3 is 2.04 bits per heavy atom. The molecule has 7 heteroatoms. The standard InChI is InChI=1S/C20H35N3O3S/c1-17(2)10-14-23(15-11-18(3)4)27(25,26)22-13-12-21-20(24)16-19-8-6-5-7-9-19/h5-9,17-18,22H,10-16H2,1-4H3,(H,21,24). The summed E-state index contributed by atoms with van der Waals surface area (Å²) in [5, 5.41) is 2.76. The number of rotatable bonds is 13. The van der Waals surface area contributed by atoms with Gasteiger partial charge in [0.25, 0.3) is 10.2 Å². The molecular weight excluding hydrogens is 362 g/mol. The Kier molecular flexibility index (Phi) is 10.6. The van der Waals surface area contributed by atoms with Gasteiger partial charge in [-0.05, 0) is 30.2 Å². The minimum atomic E-state index is -3.54. The topological polar surface area (TPSA) is 78.5 Å². The van der Waals surface area contributed by atoms with Crippen LogP contribution in [0.4, 0.5) is 0 Å². The molecule has 0 aliphatic heterocycles. The van der Waals surface area contributed by atoms with Gasteiger partial charge in [0.1, 0.15) is 0 Å². The molecule has 2 N–H and O–H groups in total. The highest BCUT2D eigenvalue weighted by Gasteiger charge is 2.21. The first-order valence-corrected chi connectivity index (χ1v) is 11.2. The van der Waals surface area contributed by atoms with Crippen molar-refractivity contribution in [2.75, 3.05) is 26.2 Å². The van der Waals surface area contributed by atoms with E-state index in [4.69, 9.17) is 0 Å². The van der Waals surface area contributed by atoms with Crippen LogP contribution in [0.2, 0.25) is 0 Å². The van der Waals surface area contributed by atoms with E-state index in [2.05, 4.69) is 37.7 Å². The first kappa shape index (κ1) is 23.6. The molecule has 0 fully saturated rings. The Morgan fingerprint density at radius 1 is 0.963 bits per heavy atom. The fourth-order valence-corrected chi connectivity index (χ4v) is 3.71. The van der Waals surface area contributed by atoms with Crippen LogP contribution in [0.1, 0.15) is 46.1 Å². The Hall–Kier alpha value is -1.44. The van der Waals surface area contributed by atoms with Crippen molar-refractivity contribution in [1.82, 2.24) is 14.3 Å². The predicted octanol–water partition coefficient (Wildman–Crippen LogP) is 2.57. The quantitative estimate of drug-likeness (QED) is 0.502. The third-order valence-corrected chi connectivity index (χ3v) is 5.80. The minimum absolute atomic E-state index is 0.114. The zero-order chi connectivity index (χ0) is 20.3. The van der Waals surface area contributed by atoms with Crippen molar-refractivity contribution < 1.29 is 13.2 Å². The van der Waals surface area contributed by atoms with Crippen LogP contribution < -0.4 is 10.0 Å². The number of nitrogens with one attached hydrogen (secondary N) is 2. The number of carbonyl (C=O) groups is 1. The molecule has 0 heterocycles. The molecule has 154 valence electrons. The van der Waals surface area contributed by atoms with E-state index >= 15 is 0 Å². The lowest BCUT2D eigenvalue weighted by Crippen LogP contribution is -2.45. The normalized spacial score (nSPS) is 12.1. The summed E-state index contributed by atoms with van der Waals surface area (Å²) in [5.74, 6) is 0.773. The molecule has 1 rings (SSSR count). The molecule has 0 saturated heterocycles. The third kappa shape index (κ3) is 10.5. The third-order valence-electron chi connectivity index (χ3n) is 4.19. The number of hydrogen-bond donors (Lipinski definition) is 2. The van der Waals surface area contributed by atoms with E-state index in [1.807, 2.05) is 30.3 Å². The van der Waals surface area contributed by atoms with Gasteiger partial charge in [-0.1, -0.05) is 58.0 Å². The molecule has 27 heavy (non-hydrogen) atoms. The van der Waals surface area contributed by atoms with Crippen molar-refractivity contribution >= 4 is 16.1 Å². The van der Waals surface area contributed by atoms with Crippen LogP contribution in [0.3, 0.4) is 0 Å². The highest BCUT2D eigenvalue weighted by atomic mass is 32.2. The molecule has 0 aromatic heterocycles. The van der Waals surface area contributed by atoms with Crippen LogP contribution in [-0.2, 0) is 21.4 Å². The molecule has 0 unspecified atom stereocenters. The van der Waals surface area contributed by atoms with Crippen LogP contribution in [0, 0.1) is 11.8 Å². The van der Waals surface area contributed by atoms with Gasteiger partial charge in [-0.25, -0.2) is 4.72 Å². The van der Waals surface area contributed by atoms with Crippen molar-refractivity contribution in [3.63, 3.8) is 0 Å². The maximum Gasteiger partial charge on any atom is 0.279 e. The van der Waals surface area contributed by atoms with E-state index < -0.39 is 10.2 Å². The highest BCUT2D eigenvalue weighted by molar-refractivity contribution is 7.87. The molecule has 0 spiro atoms. The number of hydrogen-bond acceptors (Lipinski definition) is 3. The van der Waals surface area contributed by atoms with Gasteiger partial charge >= 0.3 is 0 Å². The molecule has 1 amide bonds. The Labute approximate surface area is 164 Å². The molecule has 0 atom stereocenters. The van der Waals surface area contributed by atoms with Crippen molar-refractivity contribution in [3.8, 4) is 0 Å². The van der Waals surface area contributed by atoms with Crippen LogP contribution in [-0.4, -0.2) is 44.8 Å². The van der Waals surface area contributed by atoms with E-state index in [9.17, 15) is 13.2 Å². The van der Waals surface area contributed by atoms with Crippen LogP contribution in [0.5, 0.6) is 0 Å². The average Bonchev–Trinajstić information content (AvgIpc) is 2.59. The summed E-state index contributed by atoms with van der Waals surface area (Å²) in [4.78, 5) is 11.9. The lowest BCUT2D eigenvalue weighted by molar-refractivity contribution is -0.120. The maximum atomic E-state index is 12.6. The largest absolute Gasteiger partial charge is 0.354 e. The van der Waals surface area contributed by atoms with Crippen LogP contribution in [0.25, 0.3) is 0 Å².